The smallest absolute Gasteiger partial charge is 0.407 e. The Morgan fingerprint density at radius 2 is 1.95 bits per heavy atom. The van der Waals surface area contributed by atoms with Crippen LogP contribution in [0.5, 0.6) is 0 Å². The predicted octanol–water partition coefficient (Wildman–Crippen LogP) is 1.89. The summed E-state index contributed by atoms with van der Waals surface area (Å²) in [7, 11) is 0. The number of amides is 1. The molecular weight excluding hydrogens is 242 g/mol. The Kier molecular flexibility index (Phi) is 5.46. The Balaban J connectivity index is 1.58. The fourth-order valence-corrected chi connectivity index (χ4v) is 2.88. The number of nitriles is 1. The minimum absolute atomic E-state index is 0.258. The van der Waals surface area contributed by atoms with Gasteiger partial charge in [-0.1, -0.05) is 12.8 Å². The number of piperidine rings is 1. The maximum Gasteiger partial charge on any atom is 0.407 e. The highest BCUT2D eigenvalue weighted by Gasteiger charge is 2.21. The van der Waals surface area contributed by atoms with Crippen LogP contribution < -0.4 is 5.32 Å². The van der Waals surface area contributed by atoms with Gasteiger partial charge in [0.1, 0.15) is 0 Å². The predicted molar refractivity (Wildman–Crippen MR) is 71.5 cm³/mol. The summed E-state index contributed by atoms with van der Waals surface area (Å²) in [6.07, 6.45) is 6.36. The van der Waals surface area contributed by atoms with Crippen molar-refractivity contribution in [3.05, 3.63) is 0 Å². The summed E-state index contributed by atoms with van der Waals surface area (Å²) >= 11 is 0. The van der Waals surface area contributed by atoms with Crippen molar-refractivity contribution in [1.29, 1.82) is 5.26 Å². The number of likely N-dealkylation sites (tertiary alicyclic amines) is 1. The average Bonchev–Trinajstić information content (AvgIpc) is 2.91. The number of nitrogens with zero attached hydrogens (tertiary/aromatic N) is 2. The molecule has 0 spiro atoms. The number of alkyl carbamates (subject to hydrolysis) is 1. The van der Waals surface area contributed by atoms with Gasteiger partial charge in [-0.15, -0.1) is 0 Å². The SMILES string of the molecule is N#CCN1CCC(COC(=O)NC2CCCC2)CC1. The van der Waals surface area contributed by atoms with Crippen LogP contribution in [0.15, 0.2) is 0 Å². The van der Waals surface area contributed by atoms with Gasteiger partial charge < -0.3 is 10.1 Å². The summed E-state index contributed by atoms with van der Waals surface area (Å²) in [6.45, 7) is 2.90. The lowest BCUT2D eigenvalue weighted by molar-refractivity contribution is 0.0976. The van der Waals surface area contributed by atoms with Crippen LogP contribution in [0.3, 0.4) is 0 Å². The van der Waals surface area contributed by atoms with E-state index in [1.54, 1.807) is 0 Å². The first-order valence-electron chi connectivity index (χ1n) is 7.30. The normalized spacial score (nSPS) is 22.1. The molecule has 1 saturated carbocycles. The Hall–Kier alpha value is -1.28. The molecule has 0 bridgehead atoms. The van der Waals surface area contributed by atoms with Crippen molar-refractivity contribution in [1.82, 2.24) is 10.2 Å². The highest BCUT2D eigenvalue weighted by Crippen LogP contribution is 2.19. The van der Waals surface area contributed by atoms with Gasteiger partial charge >= 0.3 is 6.09 Å². The second-order valence-corrected chi connectivity index (χ2v) is 5.60. The van der Waals surface area contributed by atoms with Gasteiger partial charge in [0.2, 0.25) is 0 Å². The lowest BCUT2D eigenvalue weighted by atomic mass is 9.98. The van der Waals surface area contributed by atoms with Crippen LogP contribution in [0, 0.1) is 17.2 Å². The fourth-order valence-electron chi connectivity index (χ4n) is 2.88. The molecule has 0 aromatic heterocycles. The summed E-state index contributed by atoms with van der Waals surface area (Å²) in [4.78, 5) is 13.8. The van der Waals surface area contributed by atoms with E-state index in [1.807, 2.05) is 0 Å². The Bertz CT molecular complexity index is 326. The second kappa shape index (κ2) is 7.34. The zero-order valence-electron chi connectivity index (χ0n) is 11.4. The van der Waals surface area contributed by atoms with Crippen molar-refractivity contribution in [2.24, 2.45) is 5.92 Å². The van der Waals surface area contributed by atoms with Crippen LogP contribution >= 0.6 is 0 Å². The first kappa shape index (κ1) is 14.1. The summed E-state index contributed by atoms with van der Waals surface area (Å²) in [5.41, 5.74) is 0. The van der Waals surface area contributed by atoms with Gasteiger partial charge in [-0.2, -0.15) is 5.26 Å². The molecule has 0 atom stereocenters. The molecule has 1 heterocycles. The molecule has 2 aliphatic rings. The molecular formula is C14H23N3O2. The van der Waals surface area contributed by atoms with Gasteiger partial charge in [0.25, 0.3) is 0 Å². The number of carbonyl (C=O) groups excluding carboxylic acids is 1. The monoisotopic (exact) mass is 265 g/mol. The minimum atomic E-state index is -0.258. The van der Waals surface area contributed by atoms with Gasteiger partial charge in [0.15, 0.2) is 0 Å². The van der Waals surface area contributed by atoms with Crippen LogP contribution in [0.25, 0.3) is 0 Å². The van der Waals surface area contributed by atoms with E-state index in [9.17, 15) is 4.79 Å². The molecule has 106 valence electrons. The van der Waals surface area contributed by atoms with Crippen molar-refractivity contribution in [2.75, 3.05) is 26.2 Å². The molecule has 5 nitrogen and oxygen atoms in total. The van der Waals surface area contributed by atoms with E-state index in [2.05, 4.69) is 16.3 Å². The number of nitrogens with one attached hydrogen (secondary N) is 1. The zero-order valence-corrected chi connectivity index (χ0v) is 11.4. The van der Waals surface area contributed by atoms with Crippen molar-refractivity contribution in [2.45, 2.75) is 44.6 Å². The Morgan fingerprint density at radius 3 is 2.58 bits per heavy atom. The van der Waals surface area contributed by atoms with Gasteiger partial charge in [0.05, 0.1) is 19.2 Å². The zero-order chi connectivity index (χ0) is 13.5. The second-order valence-electron chi connectivity index (χ2n) is 5.60. The molecule has 0 radical (unpaired) electrons. The van der Waals surface area contributed by atoms with Crippen LogP contribution in [-0.4, -0.2) is 43.3 Å². The molecule has 5 heteroatoms. The number of ether oxygens (including phenoxy) is 1. The molecule has 1 saturated heterocycles. The highest BCUT2D eigenvalue weighted by molar-refractivity contribution is 5.67. The first-order valence-corrected chi connectivity index (χ1v) is 7.30. The van der Waals surface area contributed by atoms with Crippen molar-refractivity contribution in [3.63, 3.8) is 0 Å². The molecule has 1 aliphatic carbocycles. The molecule has 1 aliphatic heterocycles. The molecule has 1 amide bonds. The fraction of sp³-hybridized carbons (Fsp3) is 0.857. The average molecular weight is 265 g/mol. The number of carbonyl (C=O) groups is 1. The third kappa shape index (κ3) is 4.71. The number of rotatable bonds is 4. The number of hydrogen-bond donors (Lipinski definition) is 1. The van der Waals surface area contributed by atoms with Crippen LogP contribution in [0.4, 0.5) is 4.79 Å². The molecule has 0 aromatic carbocycles. The van der Waals surface area contributed by atoms with Gasteiger partial charge in [-0.3, -0.25) is 4.90 Å². The van der Waals surface area contributed by atoms with Crippen LogP contribution in [0.1, 0.15) is 38.5 Å². The minimum Gasteiger partial charge on any atom is -0.449 e. The van der Waals surface area contributed by atoms with E-state index in [0.29, 0.717) is 25.1 Å². The maximum atomic E-state index is 11.6. The molecule has 2 rings (SSSR count). The molecule has 19 heavy (non-hydrogen) atoms. The molecule has 2 fully saturated rings. The van der Waals surface area contributed by atoms with E-state index in [-0.39, 0.29) is 6.09 Å². The van der Waals surface area contributed by atoms with Crippen molar-refractivity contribution >= 4 is 6.09 Å². The van der Waals surface area contributed by atoms with Gasteiger partial charge in [-0.25, -0.2) is 4.79 Å². The molecule has 0 unspecified atom stereocenters. The lowest BCUT2D eigenvalue weighted by Crippen LogP contribution is -2.37. The van der Waals surface area contributed by atoms with Crippen molar-refractivity contribution in [3.8, 4) is 6.07 Å². The lowest BCUT2D eigenvalue weighted by Gasteiger charge is -2.29. The van der Waals surface area contributed by atoms with E-state index in [4.69, 9.17) is 10.00 Å². The van der Waals surface area contributed by atoms with E-state index >= 15 is 0 Å². The first-order chi connectivity index (χ1) is 9.28. The molecule has 1 N–H and O–H groups in total. The summed E-state index contributed by atoms with van der Waals surface area (Å²) in [6, 6.07) is 2.50. The van der Waals surface area contributed by atoms with E-state index in [0.717, 1.165) is 38.8 Å². The largest absolute Gasteiger partial charge is 0.449 e. The third-order valence-electron chi connectivity index (χ3n) is 4.13. The highest BCUT2D eigenvalue weighted by atomic mass is 16.5. The topological polar surface area (TPSA) is 65.4 Å². The van der Waals surface area contributed by atoms with Gasteiger partial charge in [-0.05, 0) is 44.7 Å². The van der Waals surface area contributed by atoms with E-state index < -0.39 is 0 Å². The summed E-state index contributed by atoms with van der Waals surface area (Å²) < 4.78 is 5.31. The van der Waals surface area contributed by atoms with Crippen LogP contribution in [0.2, 0.25) is 0 Å². The summed E-state index contributed by atoms with van der Waals surface area (Å²) in [5.74, 6) is 0.448. The Morgan fingerprint density at radius 1 is 1.26 bits per heavy atom. The Labute approximate surface area is 114 Å². The summed E-state index contributed by atoms with van der Waals surface area (Å²) in [5, 5.41) is 11.6. The maximum absolute atomic E-state index is 11.6. The third-order valence-corrected chi connectivity index (χ3v) is 4.13. The standard InChI is InChI=1S/C14H23N3O2/c15-7-10-17-8-5-12(6-9-17)11-19-14(18)16-13-3-1-2-4-13/h12-13H,1-6,8-11H2,(H,16,18). The molecule has 0 aromatic rings. The van der Waals surface area contributed by atoms with Gasteiger partial charge in [0, 0.05) is 6.04 Å². The quantitative estimate of drug-likeness (QED) is 0.788. The number of hydrogen-bond acceptors (Lipinski definition) is 4. The van der Waals surface area contributed by atoms with Crippen molar-refractivity contribution < 1.29 is 9.53 Å². The van der Waals surface area contributed by atoms with Crippen LogP contribution in [-0.2, 0) is 4.74 Å². The van der Waals surface area contributed by atoms with E-state index in [1.165, 1.54) is 12.8 Å².